The molecule has 0 radical (unpaired) electrons. The number of thioether (sulfide) groups is 1. The van der Waals surface area contributed by atoms with E-state index >= 15 is 0 Å². The first kappa shape index (κ1) is 20.1. The van der Waals surface area contributed by atoms with E-state index in [9.17, 15) is 9.59 Å². The number of anilines is 1. The molecule has 1 aliphatic rings. The second kappa shape index (κ2) is 9.01. The zero-order valence-corrected chi connectivity index (χ0v) is 16.8. The van der Waals surface area contributed by atoms with Crippen molar-refractivity contribution in [2.24, 2.45) is 0 Å². The highest BCUT2D eigenvalue weighted by atomic mass is 32.2. The van der Waals surface area contributed by atoms with E-state index in [-0.39, 0.29) is 18.6 Å². The van der Waals surface area contributed by atoms with E-state index in [0.717, 1.165) is 29.1 Å². The number of benzene rings is 2. The Morgan fingerprint density at radius 3 is 2.50 bits per heavy atom. The van der Waals surface area contributed by atoms with Crippen molar-refractivity contribution in [3.8, 4) is 5.75 Å². The second-order valence-electron chi connectivity index (χ2n) is 6.63. The lowest BCUT2D eigenvalue weighted by Crippen LogP contribution is -2.36. The molecule has 7 heteroatoms. The van der Waals surface area contributed by atoms with Crippen LogP contribution in [0.2, 0.25) is 0 Å². The summed E-state index contributed by atoms with van der Waals surface area (Å²) in [7, 11) is 1.62. The Kier molecular flexibility index (Phi) is 6.46. The van der Waals surface area contributed by atoms with Crippen LogP contribution in [0.5, 0.6) is 5.75 Å². The molecule has 28 heavy (non-hydrogen) atoms. The standard InChI is InChI=1S/C21H24N2O4S/c1-26-17-8-3-14(4-9-17)12-23(16-6-7-16)20(24)13-27-21(25)15-5-10-18(22)19(11-15)28-2/h3-5,8-11,16H,6-7,12-13,22H2,1-2H3. The predicted octanol–water partition coefficient (Wildman–Crippen LogP) is 3.35. The Balaban J connectivity index is 1.60. The highest BCUT2D eigenvalue weighted by molar-refractivity contribution is 7.98. The van der Waals surface area contributed by atoms with Gasteiger partial charge in [0.15, 0.2) is 6.61 Å². The average Bonchev–Trinajstić information content (AvgIpc) is 3.56. The van der Waals surface area contributed by atoms with Crippen molar-refractivity contribution in [2.75, 3.05) is 25.7 Å². The number of nitrogen functional groups attached to an aromatic ring is 1. The fourth-order valence-corrected chi connectivity index (χ4v) is 3.41. The summed E-state index contributed by atoms with van der Waals surface area (Å²) in [6, 6.07) is 12.8. The summed E-state index contributed by atoms with van der Waals surface area (Å²) in [5, 5.41) is 0. The first-order chi connectivity index (χ1) is 13.5. The topological polar surface area (TPSA) is 81.9 Å². The number of carbonyl (C=O) groups excluding carboxylic acids is 2. The minimum Gasteiger partial charge on any atom is -0.497 e. The molecule has 2 aromatic rings. The highest BCUT2D eigenvalue weighted by Gasteiger charge is 2.33. The monoisotopic (exact) mass is 400 g/mol. The van der Waals surface area contributed by atoms with Gasteiger partial charge in [0.05, 0.1) is 12.7 Å². The molecule has 1 fully saturated rings. The normalized spacial score (nSPS) is 13.1. The fraction of sp³-hybridized carbons (Fsp3) is 0.333. The lowest BCUT2D eigenvalue weighted by molar-refractivity contribution is -0.135. The predicted molar refractivity (Wildman–Crippen MR) is 109 cm³/mol. The smallest absolute Gasteiger partial charge is 0.338 e. The van der Waals surface area contributed by atoms with Gasteiger partial charge in [-0.2, -0.15) is 0 Å². The summed E-state index contributed by atoms with van der Waals surface area (Å²) in [6.45, 7) is 0.216. The van der Waals surface area contributed by atoms with Gasteiger partial charge < -0.3 is 20.1 Å². The molecule has 0 bridgehead atoms. The molecule has 1 saturated carbocycles. The third-order valence-electron chi connectivity index (χ3n) is 4.62. The molecule has 0 atom stereocenters. The van der Waals surface area contributed by atoms with Crippen LogP contribution in [-0.2, 0) is 16.1 Å². The maximum Gasteiger partial charge on any atom is 0.338 e. The van der Waals surface area contributed by atoms with Crippen LogP contribution in [0.15, 0.2) is 47.4 Å². The summed E-state index contributed by atoms with van der Waals surface area (Å²) in [6.07, 6.45) is 3.84. The molecule has 0 spiro atoms. The van der Waals surface area contributed by atoms with Gasteiger partial charge >= 0.3 is 5.97 Å². The van der Waals surface area contributed by atoms with Crippen molar-refractivity contribution >= 4 is 29.3 Å². The number of ether oxygens (including phenoxy) is 2. The van der Waals surface area contributed by atoms with Crippen LogP contribution >= 0.6 is 11.8 Å². The number of carbonyl (C=O) groups is 2. The molecule has 148 valence electrons. The second-order valence-corrected chi connectivity index (χ2v) is 7.48. The van der Waals surface area contributed by atoms with Gasteiger partial charge in [0, 0.05) is 23.2 Å². The van der Waals surface area contributed by atoms with Gasteiger partial charge in [-0.25, -0.2) is 4.79 Å². The molecule has 0 heterocycles. The molecule has 3 rings (SSSR count). The largest absolute Gasteiger partial charge is 0.497 e. The number of esters is 1. The molecule has 2 N–H and O–H groups in total. The first-order valence-electron chi connectivity index (χ1n) is 9.05. The Morgan fingerprint density at radius 1 is 1.18 bits per heavy atom. The maximum absolute atomic E-state index is 12.7. The molecule has 0 saturated heterocycles. The summed E-state index contributed by atoms with van der Waals surface area (Å²) >= 11 is 1.46. The Hall–Kier alpha value is -2.67. The first-order valence-corrected chi connectivity index (χ1v) is 10.3. The summed E-state index contributed by atoms with van der Waals surface area (Å²) in [4.78, 5) is 27.6. The molecule has 0 unspecified atom stereocenters. The summed E-state index contributed by atoms with van der Waals surface area (Å²) < 4.78 is 10.4. The number of rotatable bonds is 8. The van der Waals surface area contributed by atoms with Crippen LogP contribution < -0.4 is 10.5 Å². The SMILES string of the molecule is COc1ccc(CN(C(=O)COC(=O)c2ccc(N)c(SC)c2)C2CC2)cc1. The molecule has 6 nitrogen and oxygen atoms in total. The average molecular weight is 401 g/mol. The number of methoxy groups -OCH3 is 1. The van der Waals surface area contributed by atoms with Crippen molar-refractivity contribution in [2.45, 2.75) is 30.3 Å². The van der Waals surface area contributed by atoms with Gasteiger partial charge in [0.25, 0.3) is 5.91 Å². The molecular formula is C21H24N2O4S. The van der Waals surface area contributed by atoms with Gasteiger partial charge in [0.1, 0.15) is 5.75 Å². The Labute approximate surface area is 169 Å². The van der Waals surface area contributed by atoms with Gasteiger partial charge in [0.2, 0.25) is 0 Å². The van der Waals surface area contributed by atoms with E-state index < -0.39 is 5.97 Å². The van der Waals surface area contributed by atoms with E-state index in [1.54, 1.807) is 30.2 Å². The molecule has 0 aromatic heterocycles. The zero-order chi connectivity index (χ0) is 20.1. The number of hydrogen-bond acceptors (Lipinski definition) is 6. The Morgan fingerprint density at radius 2 is 1.89 bits per heavy atom. The van der Waals surface area contributed by atoms with E-state index in [1.165, 1.54) is 11.8 Å². The number of amides is 1. The number of nitrogens with two attached hydrogens (primary N) is 1. The number of hydrogen-bond donors (Lipinski definition) is 1. The van der Waals surface area contributed by atoms with Crippen molar-refractivity contribution in [1.82, 2.24) is 4.90 Å². The summed E-state index contributed by atoms with van der Waals surface area (Å²) in [5.41, 5.74) is 7.86. The quantitative estimate of drug-likeness (QED) is 0.416. The van der Waals surface area contributed by atoms with Gasteiger partial charge in [-0.1, -0.05) is 12.1 Å². The molecule has 0 aliphatic heterocycles. The minimum absolute atomic E-state index is 0.188. The lowest BCUT2D eigenvalue weighted by atomic mass is 10.2. The highest BCUT2D eigenvalue weighted by Crippen LogP contribution is 2.29. The lowest BCUT2D eigenvalue weighted by Gasteiger charge is -2.22. The molecular weight excluding hydrogens is 376 g/mol. The zero-order valence-electron chi connectivity index (χ0n) is 16.0. The third-order valence-corrected chi connectivity index (χ3v) is 5.41. The number of nitrogens with zero attached hydrogens (tertiary/aromatic N) is 1. The molecule has 1 aliphatic carbocycles. The van der Waals surface area contributed by atoms with E-state index in [2.05, 4.69) is 0 Å². The van der Waals surface area contributed by atoms with E-state index in [1.807, 2.05) is 30.5 Å². The van der Waals surface area contributed by atoms with Crippen molar-refractivity contribution in [1.29, 1.82) is 0 Å². The fourth-order valence-electron chi connectivity index (χ4n) is 2.87. The van der Waals surface area contributed by atoms with Crippen LogP contribution in [0.25, 0.3) is 0 Å². The van der Waals surface area contributed by atoms with Crippen LogP contribution in [-0.4, -0.2) is 42.8 Å². The minimum atomic E-state index is -0.524. The Bertz CT molecular complexity index is 850. The van der Waals surface area contributed by atoms with Crippen LogP contribution in [0, 0.1) is 0 Å². The maximum atomic E-state index is 12.7. The van der Waals surface area contributed by atoms with Crippen molar-refractivity contribution in [3.63, 3.8) is 0 Å². The van der Waals surface area contributed by atoms with Crippen molar-refractivity contribution in [3.05, 3.63) is 53.6 Å². The van der Waals surface area contributed by atoms with Gasteiger partial charge in [-0.3, -0.25) is 4.79 Å². The third kappa shape index (κ3) is 4.98. The van der Waals surface area contributed by atoms with Crippen LogP contribution in [0.4, 0.5) is 5.69 Å². The van der Waals surface area contributed by atoms with E-state index in [4.69, 9.17) is 15.2 Å². The van der Waals surface area contributed by atoms with Crippen molar-refractivity contribution < 1.29 is 19.1 Å². The van der Waals surface area contributed by atoms with E-state index in [0.29, 0.717) is 17.8 Å². The summed E-state index contributed by atoms with van der Waals surface area (Å²) in [5.74, 6) is 0.0612. The van der Waals surface area contributed by atoms with Gasteiger partial charge in [-0.15, -0.1) is 11.8 Å². The molecule has 1 amide bonds. The molecule has 2 aromatic carbocycles. The van der Waals surface area contributed by atoms with Gasteiger partial charge in [-0.05, 0) is 55.0 Å². The van der Waals surface area contributed by atoms with Crippen LogP contribution in [0.1, 0.15) is 28.8 Å². The van der Waals surface area contributed by atoms with Crippen LogP contribution in [0.3, 0.4) is 0 Å².